The number of ether oxygens (including phenoxy) is 1. The minimum atomic E-state index is 0.602. The summed E-state index contributed by atoms with van der Waals surface area (Å²) < 4.78 is 6.07. The first-order valence-electron chi connectivity index (χ1n) is 10.3. The minimum absolute atomic E-state index is 0.602. The van der Waals surface area contributed by atoms with Crippen LogP contribution < -0.4 is 9.64 Å². The summed E-state index contributed by atoms with van der Waals surface area (Å²) in [5, 5.41) is 1.07. The molecule has 1 aliphatic heterocycles. The van der Waals surface area contributed by atoms with Gasteiger partial charge in [-0.05, 0) is 42.8 Å². The molecule has 2 aromatic carbocycles. The average Bonchev–Trinajstić information content (AvgIpc) is 3.16. The van der Waals surface area contributed by atoms with Crippen molar-refractivity contribution in [2.45, 2.75) is 13.5 Å². The van der Waals surface area contributed by atoms with Crippen LogP contribution in [0.4, 0.5) is 5.82 Å². The molecule has 0 saturated carbocycles. The zero-order chi connectivity index (χ0) is 20.8. The maximum absolute atomic E-state index is 6.07. The number of rotatable bonds is 2. The first-order valence-corrected chi connectivity index (χ1v) is 10.3. The normalized spacial score (nSPS) is 13.8. The summed E-state index contributed by atoms with van der Waals surface area (Å²) in [4.78, 5) is 23.1. The number of aromatic amines is 1. The van der Waals surface area contributed by atoms with Crippen LogP contribution in [0.2, 0.25) is 0 Å². The van der Waals surface area contributed by atoms with E-state index >= 15 is 0 Å². The van der Waals surface area contributed by atoms with Gasteiger partial charge in [0.1, 0.15) is 24.5 Å². The molecule has 0 amide bonds. The van der Waals surface area contributed by atoms with Crippen molar-refractivity contribution in [2.24, 2.45) is 0 Å². The molecule has 0 unspecified atom stereocenters. The molecule has 0 aliphatic carbocycles. The predicted octanol–water partition coefficient (Wildman–Crippen LogP) is 4.28. The molecule has 5 aromatic rings. The number of aromatic nitrogens is 5. The molecule has 6 rings (SSSR count). The number of imidazole rings is 1. The Hall–Kier alpha value is -4.00. The lowest BCUT2D eigenvalue weighted by Crippen LogP contribution is -2.26. The SMILES string of the molecule is Cc1ccc2ncnc(N3CCOc4ccc(-c5cnc6nc[nH]c6c5)cc4C3)c2c1. The van der Waals surface area contributed by atoms with Crippen molar-refractivity contribution in [1.29, 1.82) is 0 Å². The average molecular weight is 408 g/mol. The van der Waals surface area contributed by atoms with Gasteiger partial charge in [-0.1, -0.05) is 17.7 Å². The van der Waals surface area contributed by atoms with Gasteiger partial charge in [-0.15, -0.1) is 0 Å². The molecule has 0 bridgehead atoms. The Morgan fingerprint density at radius 2 is 1.94 bits per heavy atom. The summed E-state index contributed by atoms with van der Waals surface area (Å²) in [6.45, 7) is 4.16. The molecule has 31 heavy (non-hydrogen) atoms. The highest BCUT2D eigenvalue weighted by Gasteiger charge is 2.20. The third-order valence-electron chi connectivity index (χ3n) is 5.72. The third-order valence-corrected chi connectivity index (χ3v) is 5.72. The monoisotopic (exact) mass is 408 g/mol. The van der Waals surface area contributed by atoms with Crippen LogP contribution >= 0.6 is 0 Å². The zero-order valence-electron chi connectivity index (χ0n) is 17.0. The molecule has 0 fully saturated rings. The van der Waals surface area contributed by atoms with Crippen molar-refractivity contribution < 1.29 is 4.74 Å². The van der Waals surface area contributed by atoms with E-state index in [-0.39, 0.29) is 0 Å². The summed E-state index contributed by atoms with van der Waals surface area (Å²) in [6.07, 6.45) is 5.17. The third kappa shape index (κ3) is 3.15. The molecule has 1 N–H and O–H groups in total. The van der Waals surface area contributed by atoms with Crippen molar-refractivity contribution in [3.8, 4) is 16.9 Å². The largest absolute Gasteiger partial charge is 0.491 e. The summed E-state index contributed by atoms with van der Waals surface area (Å²) >= 11 is 0. The van der Waals surface area contributed by atoms with Gasteiger partial charge in [0.25, 0.3) is 0 Å². The van der Waals surface area contributed by atoms with Crippen LogP contribution in [-0.4, -0.2) is 38.1 Å². The van der Waals surface area contributed by atoms with Gasteiger partial charge in [-0.25, -0.2) is 19.9 Å². The molecule has 152 valence electrons. The Kier molecular flexibility index (Phi) is 4.06. The van der Waals surface area contributed by atoms with Gasteiger partial charge < -0.3 is 14.6 Å². The number of nitrogens with zero attached hydrogens (tertiary/aromatic N) is 5. The Balaban J connectivity index is 1.40. The standard InChI is InChI=1S/C24H20N6O/c1-15-2-4-20-19(8-15)24(29-14-26-20)30-6-7-31-22-5-3-16(9-18(22)12-30)17-10-21-23(25-11-17)28-13-27-21/h2-5,8-11,13-14H,6-7,12H2,1H3,(H,25,27,28). The summed E-state index contributed by atoms with van der Waals surface area (Å²) in [7, 11) is 0. The maximum atomic E-state index is 6.07. The van der Waals surface area contributed by atoms with Gasteiger partial charge in [0.2, 0.25) is 0 Å². The molecule has 7 heteroatoms. The van der Waals surface area contributed by atoms with Crippen LogP contribution in [-0.2, 0) is 6.54 Å². The van der Waals surface area contributed by atoms with E-state index in [1.165, 1.54) is 5.56 Å². The smallest absolute Gasteiger partial charge is 0.177 e. The first-order chi connectivity index (χ1) is 15.2. The number of nitrogens with one attached hydrogen (secondary N) is 1. The van der Waals surface area contributed by atoms with Crippen LogP contribution in [0.1, 0.15) is 11.1 Å². The number of hydrogen-bond donors (Lipinski definition) is 1. The van der Waals surface area contributed by atoms with E-state index in [9.17, 15) is 0 Å². The van der Waals surface area contributed by atoms with E-state index in [0.29, 0.717) is 13.2 Å². The molecule has 0 spiro atoms. The maximum Gasteiger partial charge on any atom is 0.177 e. The van der Waals surface area contributed by atoms with Crippen molar-refractivity contribution in [1.82, 2.24) is 24.9 Å². The van der Waals surface area contributed by atoms with Crippen LogP contribution in [0.25, 0.3) is 33.2 Å². The van der Waals surface area contributed by atoms with Crippen LogP contribution in [0.3, 0.4) is 0 Å². The van der Waals surface area contributed by atoms with Gasteiger partial charge >= 0.3 is 0 Å². The highest BCUT2D eigenvalue weighted by molar-refractivity contribution is 5.90. The summed E-state index contributed by atoms with van der Waals surface area (Å²) in [5.74, 6) is 1.85. The molecule has 4 heterocycles. The highest BCUT2D eigenvalue weighted by Crippen LogP contribution is 2.32. The predicted molar refractivity (Wildman–Crippen MR) is 120 cm³/mol. The molecule has 0 atom stereocenters. The number of hydrogen-bond acceptors (Lipinski definition) is 6. The number of pyridine rings is 1. The molecule has 7 nitrogen and oxygen atoms in total. The molecule has 0 radical (unpaired) electrons. The summed E-state index contributed by atoms with van der Waals surface area (Å²) in [6, 6.07) is 14.7. The molecule has 1 aliphatic rings. The lowest BCUT2D eigenvalue weighted by molar-refractivity contribution is 0.331. The number of anilines is 1. The topological polar surface area (TPSA) is 79.8 Å². The second-order valence-electron chi connectivity index (χ2n) is 7.81. The fourth-order valence-corrected chi connectivity index (χ4v) is 4.15. The number of fused-ring (bicyclic) bond motifs is 3. The second-order valence-corrected chi connectivity index (χ2v) is 7.81. The fraction of sp³-hybridized carbons (Fsp3) is 0.167. The van der Waals surface area contributed by atoms with E-state index in [0.717, 1.165) is 56.9 Å². The molecular weight excluding hydrogens is 388 g/mol. The van der Waals surface area contributed by atoms with E-state index in [1.54, 1.807) is 12.7 Å². The van der Waals surface area contributed by atoms with E-state index in [4.69, 9.17) is 4.74 Å². The lowest BCUT2D eigenvalue weighted by Gasteiger charge is -2.22. The van der Waals surface area contributed by atoms with E-state index < -0.39 is 0 Å². The van der Waals surface area contributed by atoms with Gasteiger partial charge in [0.15, 0.2) is 5.65 Å². The molecule has 0 saturated heterocycles. The van der Waals surface area contributed by atoms with Crippen LogP contribution in [0.5, 0.6) is 5.75 Å². The lowest BCUT2D eigenvalue weighted by atomic mass is 10.0. The van der Waals surface area contributed by atoms with E-state index in [2.05, 4.69) is 73.1 Å². The number of aryl methyl sites for hydroxylation is 1. The van der Waals surface area contributed by atoms with Crippen LogP contribution in [0.15, 0.2) is 61.3 Å². The highest BCUT2D eigenvalue weighted by atomic mass is 16.5. The van der Waals surface area contributed by atoms with Gasteiger partial charge in [0.05, 0.1) is 23.9 Å². The zero-order valence-corrected chi connectivity index (χ0v) is 17.0. The van der Waals surface area contributed by atoms with Crippen molar-refractivity contribution in [2.75, 3.05) is 18.1 Å². The molecule has 3 aromatic heterocycles. The first kappa shape index (κ1) is 17.8. The fourth-order valence-electron chi connectivity index (χ4n) is 4.15. The van der Waals surface area contributed by atoms with Crippen molar-refractivity contribution in [3.05, 3.63) is 72.4 Å². The van der Waals surface area contributed by atoms with E-state index in [1.807, 2.05) is 12.3 Å². The van der Waals surface area contributed by atoms with Gasteiger partial charge in [0, 0.05) is 29.3 Å². The van der Waals surface area contributed by atoms with Crippen LogP contribution in [0, 0.1) is 6.92 Å². The number of benzene rings is 2. The Bertz CT molecular complexity index is 1430. The quantitative estimate of drug-likeness (QED) is 0.470. The number of H-pyrrole nitrogens is 1. The summed E-state index contributed by atoms with van der Waals surface area (Å²) in [5.41, 5.74) is 7.05. The minimum Gasteiger partial charge on any atom is -0.491 e. The van der Waals surface area contributed by atoms with Gasteiger partial charge in [-0.2, -0.15) is 0 Å². The second kappa shape index (κ2) is 7.05. The van der Waals surface area contributed by atoms with Gasteiger partial charge in [-0.3, -0.25) is 0 Å². The van der Waals surface area contributed by atoms with Crippen molar-refractivity contribution >= 4 is 27.9 Å². The Labute approximate surface area is 178 Å². The van der Waals surface area contributed by atoms with Crippen molar-refractivity contribution in [3.63, 3.8) is 0 Å². The Morgan fingerprint density at radius 3 is 2.90 bits per heavy atom. The Morgan fingerprint density at radius 1 is 0.968 bits per heavy atom. The molecular formula is C24H20N6O.